The SMILES string of the molecule is CCC(O)NC(=O)C=Cc1ccccc1. The van der Waals surface area contributed by atoms with E-state index >= 15 is 0 Å². The van der Waals surface area contributed by atoms with Gasteiger partial charge in [0.1, 0.15) is 6.23 Å². The minimum absolute atomic E-state index is 0.284. The highest BCUT2D eigenvalue weighted by Gasteiger charge is 2.01. The van der Waals surface area contributed by atoms with E-state index < -0.39 is 6.23 Å². The van der Waals surface area contributed by atoms with Crippen molar-refractivity contribution in [2.45, 2.75) is 19.6 Å². The van der Waals surface area contributed by atoms with Gasteiger partial charge in [0.2, 0.25) is 5.91 Å². The van der Waals surface area contributed by atoms with Crippen LogP contribution in [-0.4, -0.2) is 17.2 Å². The molecule has 1 rings (SSSR count). The molecular weight excluding hydrogens is 190 g/mol. The van der Waals surface area contributed by atoms with Gasteiger partial charge in [-0.15, -0.1) is 0 Å². The zero-order valence-corrected chi connectivity index (χ0v) is 8.68. The predicted octanol–water partition coefficient (Wildman–Crippen LogP) is 1.54. The number of carbonyl (C=O) groups excluding carboxylic acids is 1. The topological polar surface area (TPSA) is 49.3 Å². The maximum absolute atomic E-state index is 11.2. The van der Waals surface area contributed by atoms with Crippen LogP contribution in [0.25, 0.3) is 6.08 Å². The Morgan fingerprint density at radius 3 is 2.73 bits per heavy atom. The molecule has 0 radical (unpaired) electrons. The molecule has 0 aliphatic carbocycles. The number of benzene rings is 1. The number of aliphatic hydroxyl groups is 1. The Labute approximate surface area is 89.4 Å². The summed E-state index contributed by atoms with van der Waals surface area (Å²) >= 11 is 0. The van der Waals surface area contributed by atoms with Crippen molar-refractivity contribution >= 4 is 12.0 Å². The summed E-state index contributed by atoms with van der Waals surface area (Å²) in [7, 11) is 0. The molecule has 0 spiro atoms. The van der Waals surface area contributed by atoms with E-state index in [1.165, 1.54) is 6.08 Å². The largest absolute Gasteiger partial charge is 0.374 e. The predicted molar refractivity (Wildman–Crippen MR) is 59.9 cm³/mol. The highest BCUT2D eigenvalue weighted by atomic mass is 16.3. The molecule has 0 saturated heterocycles. The monoisotopic (exact) mass is 205 g/mol. The molecule has 0 aliphatic heterocycles. The molecule has 1 unspecified atom stereocenters. The quantitative estimate of drug-likeness (QED) is 0.578. The zero-order chi connectivity index (χ0) is 11.1. The standard InChI is InChI=1S/C12H15NO2/c1-2-11(14)13-12(15)9-8-10-6-4-3-5-7-10/h3-9,11,14H,2H2,1H3,(H,13,15). The molecule has 0 saturated carbocycles. The van der Waals surface area contributed by atoms with Crippen LogP contribution in [0.2, 0.25) is 0 Å². The molecule has 1 amide bonds. The van der Waals surface area contributed by atoms with Crippen molar-refractivity contribution in [2.24, 2.45) is 0 Å². The van der Waals surface area contributed by atoms with Gasteiger partial charge in [-0.25, -0.2) is 0 Å². The average molecular weight is 205 g/mol. The summed E-state index contributed by atoms with van der Waals surface area (Å²) in [6, 6.07) is 9.52. The van der Waals surface area contributed by atoms with Gasteiger partial charge in [-0.05, 0) is 18.1 Å². The molecule has 3 heteroatoms. The van der Waals surface area contributed by atoms with Crippen LogP contribution in [-0.2, 0) is 4.79 Å². The molecule has 0 bridgehead atoms. The van der Waals surface area contributed by atoms with Gasteiger partial charge in [0, 0.05) is 6.08 Å². The Balaban J connectivity index is 2.48. The number of aliphatic hydroxyl groups excluding tert-OH is 1. The van der Waals surface area contributed by atoms with Crippen molar-refractivity contribution in [3.05, 3.63) is 42.0 Å². The van der Waals surface area contributed by atoms with E-state index in [0.717, 1.165) is 5.56 Å². The van der Waals surface area contributed by atoms with Crippen LogP contribution in [0.3, 0.4) is 0 Å². The lowest BCUT2D eigenvalue weighted by molar-refractivity contribution is -0.119. The third kappa shape index (κ3) is 4.42. The average Bonchev–Trinajstić information content (AvgIpc) is 2.27. The molecule has 0 fully saturated rings. The van der Waals surface area contributed by atoms with Crippen LogP contribution in [0.4, 0.5) is 0 Å². The highest BCUT2D eigenvalue weighted by Crippen LogP contribution is 2.00. The van der Waals surface area contributed by atoms with E-state index in [1.807, 2.05) is 30.3 Å². The van der Waals surface area contributed by atoms with E-state index in [-0.39, 0.29) is 5.91 Å². The van der Waals surface area contributed by atoms with Crippen molar-refractivity contribution in [3.8, 4) is 0 Å². The Morgan fingerprint density at radius 1 is 1.47 bits per heavy atom. The molecular formula is C12H15NO2. The van der Waals surface area contributed by atoms with Gasteiger partial charge in [0.15, 0.2) is 0 Å². The van der Waals surface area contributed by atoms with Gasteiger partial charge in [-0.3, -0.25) is 4.79 Å². The number of rotatable bonds is 4. The van der Waals surface area contributed by atoms with Gasteiger partial charge in [-0.2, -0.15) is 0 Å². The van der Waals surface area contributed by atoms with Crippen LogP contribution in [0.1, 0.15) is 18.9 Å². The fraction of sp³-hybridized carbons (Fsp3) is 0.250. The summed E-state index contributed by atoms with van der Waals surface area (Å²) < 4.78 is 0. The third-order valence-electron chi connectivity index (χ3n) is 1.92. The van der Waals surface area contributed by atoms with Crippen molar-refractivity contribution in [2.75, 3.05) is 0 Å². The zero-order valence-electron chi connectivity index (χ0n) is 8.68. The van der Waals surface area contributed by atoms with Gasteiger partial charge >= 0.3 is 0 Å². The maximum Gasteiger partial charge on any atom is 0.245 e. The number of nitrogens with one attached hydrogen (secondary N) is 1. The Morgan fingerprint density at radius 2 is 2.13 bits per heavy atom. The second-order valence-electron chi connectivity index (χ2n) is 3.18. The Bertz CT molecular complexity index is 333. The second-order valence-corrected chi connectivity index (χ2v) is 3.18. The lowest BCUT2D eigenvalue weighted by Crippen LogP contribution is -2.32. The molecule has 1 aromatic carbocycles. The van der Waals surface area contributed by atoms with Gasteiger partial charge in [0.25, 0.3) is 0 Å². The summed E-state index contributed by atoms with van der Waals surface area (Å²) in [5.41, 5.74) is 0.957. The Kier molecular flexibility index (Phi) is 4.57. The molecule has 15 heavy (non-hydrogen) atoms. The summed E-state index contributed by atoms with van der Waals surface area (Å²) in [5.74, 6) is -0.284. The first-order valence-corrected chi connectivity index (χ1v) is 4.94. The normalized spacial score (nSPS) is 12.7. The molecule has 0 aliphatic rings. The second kappa shape index (κ2) is 5.98. The van der Waals surface area contributed by atoms with Crippen LogP contribution >= 0.6 is 0 Å². The van der Waals surface area contributed by atoms with Crippen LogP contribution < -0.4 is 5.32 Å². The van der Waals surface area contributed by atoms with Gasteiger partial charge < -0.3 is 10.4 Å². The van der Waals surface area contributed by atoms with Crippen molar-refractivity contribution < 1.29 is 9.90 Å². The van der Waals surface area contributed by atoms with Gasteiger partial charge in [0.05, 0.1) is 0 Å². The smallest absolute Gasteiger partial charge is 0.245 e. The number of hydrogen-bond acceptors (Lipinski definition) is 2. The Hall–Kier alpha value is -1.61. The molecule has 1 aromatic rings. The van der Waals surface area contributed by atoms with E-state index in [2.05, 4.69) is 5.32 Å². The van der Waals surface area contributed by atoms with E-state index in [4.69, 9.17) is 5.11 Å². The summed E-state index contributed by atoms with van der Waals surface area (Å²) in [6.45, 7) is 1.80. The van der Waals surface area contributed by atoms with E-state index in [9.17, 15) is 4.79 Å². The summed E-state index contributed by atoms with van der Waals surface area (Å²) in [5, 5.41) is 11.6. The van der Waals surface area contributed by atoms with Crippen LogP contribution in [0, 0.1) is 0 Å². The lowest BCUT2D eigenvalue weighted by atomic mass is 10.2. The number of amides is 1. The van der Waals surface area contributed by atoms with Crippen LogP contribution in [0.15, 0.2) is 36.4 Å². The number of carbonyl (C=O) groups is 1. The number of hydrogen-bond donors (Lipinski definition) is 2. The first kappa shape index (κ1) is 11.5. The third-order valence-corrected chi connectivity index (χ3v) is 1.92. The fourth-order valence-corrected chi connectivity index (χ4v) is 1.05. The highest BCUT2D eigenvalue weighted by molar-refractivity contribution is 5.91. The molecule has 2 N–H and O–H groups in total. The lowest BCUT2D eigenvalue weighted by Gasteiger charge is -2.07. The van der Waals surface area contributed by atoms with Crippen LogP contribution in [0.5, 0.6) is 0 Å². The molecule has 80 valence electrons. The first-order chi connectivity index (χ1) is 7.22. The molecule has 1 atom stereocenters. The van der Waals surface area contributed by atoms with E-state index in [1.54, 1.807) is 13.0 Å². The van der Waals surface area contributed by atoms with Crippen molar-refractivity contribution in [3.63, 3.8) is 0 Å². The van der Waals surface area contributed by atoms with E-state index in [0.29, 0.717) is 6.42 Å². The van der Waals surface area contributed by atoms with Gasteiger partial charge in [-0.1, -0.05) is 37.3 Å². The minimum Gasteiger partial charge on any atom is -0.374 e. The molecule has 3 nitrogen and oxygen atoms in total. The molecule has 0 heterocycles. The summed E-state index contributed by atoms with van der Waals surface area (Å²) in [6.07, 6.45) is 2.86. The fourth-order valence-electron chi connectivity index (χ4n) is 1.05. The summed E-state index contributed by atoms with van der Waals surface area (Å²) in [4.78, 5) is 11.2. The first-order valence-electron chi connectivity index (χ1n) is 4.94. The molecule has 0 aromatic heterocycles. The van der Waals surface area contributed by atoms with Crippen molar-refractivity contribution in [1.82, 2.24) is 5.32 Å². The van der Waals surface area contributed by atoms with Crippen molar-refractivity contribution in [1.29, 1.82) is 0 Å². The maximum atomic E-state index is 11.2. The minimum atomic E-state index is -0.766.